The maximum atomic E-state index is 10.9. The van der Waals surface area contributed by atoms with E-state index >= 15 is 0 Å². The molecule has 0 N–H and O–H groups in total. The summed E-state index contributed by atoms with van der Waals surface area (Å²) < 4.78 is 0. The number of carbonyl (C=O) groups is 2. The third kappa shape index (κ3) is 4.49. The summed E-state index contributed by atoms with van der Waals surface area (Å²) in [5.41, 5.74) is 0.945. The van der Waals surface area contributed by atoms with Crippen molar-refractivity contribution in [2.75, 3.05) is 5.75 Å². The lowest BCUT2D eigenvalue weighted by Gasteiger charge is -2.16. The van der Waals surface area contributed by atoms with Crippen molar-refractivity contribution in [2.45, 2.75) is 13.3 Å². The Morgan fingerprint density at radius 3 is 2.44 bits per heavy atom. The molecule has 0 fully saturated rings. The molecule has 0 unspecified atom stereocenters. The Balaban J connectivity index is 2.58. The van der Waals surface area contributed by atoms with E-state index in [0.717, 1.165) is 17.3 Å². The van der Waals surface area contributed by atoms with Crippen molar-refractivity contribution in [1.29, 1.82) is 0 Å². The van der Waals surface area contributed by atoms with Crippen LogP contribution in [0.1, 0.15) is 12.5 Å². The molecule has 1 aromatic rings. The fourth-order valence-corrected chi connectivity index (χ4v) is 2.02. The van der Waals surface area contributed by atoms with Crippen LogP contribution in [0.2, 0.25) is 0 Å². The first-order valence-corrected chi connectivity index (χ1v) is 5.96. The molecule has 0 aromatic heterocycles. The van der Waals surface area contributed by atoms with Gasteiger partial charge in [0, 0.05) is 24.6 Å². The van der Waals surface area contributed by atoms with Gasteiger partial charge in [-0.3, -0.25) is 4.79 Å². The van der Waals surface area contributed by atoms with Gasteiger partial charge in [0.15, 0.2) is 5.12 Å². The molecule has 4 heteroatoms. The Bertz CT molecular complexity index is 362. The Morgan fingerprint density at radius 1 is 1.31 bits per heavy atom. The monoisotopic (exact) mass is 237 g/mol. The van der Waals surface area contributed by atoms with Gasteiger partial charge in [-0.1, -0.05) is 42.1 Å². The number of thioether (sulfide) groups is 1. The number of hydrogen-bond donors (Lipinski definition) is 0. The zero-order valence-corrected chi connectivity index (χ0v) is 9.83. The van der Waals surface area contributed by atoms with Crippen LogP contribution in [0.3, 0.4) is 0 Å². The predicted octanol–water partition coefficient (Wildman–Crippen LogP) is 0.875. The second-order valence-corrected chi connectivity index (χ2v) is 4.71. The van der Waals surface area contributed by atoms with Crippen LogP contribution in [0.4, 0.5) is 0 Å². The number of aliphatic carboxylic acids is 1. The van der Waals surface area contributed by atoms with Gasteiger partial charge in [0.1, 0.15) is 0 Å². The average molecular weight is 237 g/mol. The Labute approximate surface area is 98.9 Å². The molecule has 0 heterocycles. The number of carboxylic acid groups (broad SMARTS) is 1. The van der Waals surface area contributed by atoms with Crippen LogP contribution in [-0.4, -0.2) is 16.8 Å². The smallest absolute Gasteiger partial charge is 0.185 e. The largest absolute Gasteiger partial charge is 0.550 e. The van der Waals surface area contributed by atoms with E-state index in [1.807, 2.05) is 30.3 Å². The number of rotatable bonds is 5. The molecule has 0 bridgehead atoms. The van der Waals surface area contributed by atoms with Gasteiger partial charge in [0.25, 0.3) is 0 Å². The van der Waals surface area contributed by atoms with Gasteiger partial charge in [-0.25, -0.2) is 0 Å². The summed E-state index contributed by atoms with van der Waals surface area (Å²) in [4.78, 5) is 21.7. The van der Waals surface area contributed by atoms with E-state index in [0.29, 0.717) is 6.42 Å². The van der Waals surface area contributed by atoms with Crippen molar-refractivity contribution >= 4 is 22.8 Å². The first kappa shape index (κ1) is 12.8. The van der Waals surface area contributed by atoms with E-state index in [-0.39, 0.29) is 10.9 Å². The zero-order chi connectivity index (χ0) is 12.0. The van der Waals surface area contributed by atoms with Gasteiger partial charge >= 0.3 is 0 Å². The van der Waals surface area contributed by atoms with E-state index < -0.39 is 11.9 Å². The van der Waals surface area contributed by atoms with Crippen LogP contribution in [0, 0.1) is 5.92 Å². The zero-order valence-electron chi connectivity index (χ0n) is 9.01. The molecule has 86 valence electrons. The highest BCUT2D eigenvalue weighted by Crippen LogP contribution is 2.14. The third-order valence-electron chi connectivity index (χ3n) is 2.15. The molecule has 0 radical (unpaired) electrons. The van der Waals surface area contributed by atoms with Crippen molar-refractivity contribution in [3.8, 4) is 0 Å². The second-order valence-electron chi connectivity index (χ2n) is 3.51. The first-order chi connectivity index (χ1) is 7.59. The molecule has 0 saturated heterocycles. The molecule has 0 aliphatic carbocycles. The van der Waals surface area contributed by atoms with E-state index in [4.69, 9.17) is 0 Å². The topological polar surface area (TPSA) is 57.2 Å². The summed E-state index contributed by atoms with van der Waals surface area (Å²) in [7, 11) is 0. The van der Waals surface area contributed by atoms with Crippen LogP contribution in [-0.2, 0) is 16.0 Å². The van der Waals surface area contributed by atoms with Gasteiger partial charge in [-0.05, 0) is 12.0 Å². The minimum absolute atomic E-state index is 0.0701. The third-order valence-corrected chi connectivity index (χ3v) is 3.12. The molecular formula is C12H13O3S-. The Kier molecular flexibility index (Phi) is 5.05. The predicted molar refractivity (Wildman–Crippen MR) is 61.8 cm³/mol. The fourth-order valence-electron chi connectivity index (χ4n) is 1.33. The SMILES string of the molecule is CC(=O)SC[C@@H](Cc1ccccc1)C(=O)[O-]. The normalized spacial score (nSPS) is 12.1. The van der Waals surface area contributed by atoms with Crippen LogP contribution in [0.5, 0.6) is 0 Å². The van der Waals surface area contributed by atoms with Gasteiger partial charge in [-0.15, -0.1) is 0 Å². The maximum absolute atomic E-state index is 10.9. The average Bonchev–Trinajstić information content (AvgIpc) is 2.25. The summed E-state index contributed by atoms with van der Waals surface area (Å²) in [5, 5.41) is 10.8. The van der Waals surface area contributed by atoms with Gasteiger partial charge in [0.2, 0.25) is 0 Å². The van der Waals surface area contributed by atoms with E-state index in [2.05, 4.69) is 0 Å². The quantitative estimate of drug-likeness (QED) is 0.762. The minimum Gasteiger partial charge on any atom is -0.550 e. The van der Waals surface area contributed by atoms with E-state index in [1.54, 1.807) is 0 Å². The maximum Gasteiger partial charge on any atom is 0.185 e. The molecule has 1 rings (SSSR count). The molecule has 0 aliphatic heterocycles. The van der Waals surface area contributed by atoms with Crippen molar-refractivity contribution < 1.29 is 14.7 Å². The number of carboxylic acids is 1. The lowest BCUT2D eigenvalue weighted by atomic mass is 10.0. The molecule has 0 aliphatic rings. The molecule has 0 spiro atoms. The molecule has 16 heavy (non-hydrogen) atoms. The van der Waals surface area contributed by atoms with E-state index in [1.165, 1.54) is 6.92 Å². The van der Waals surface area contributed by atoms with Gasteiger partial charge < -0.3 is 9.90 Å². The fraction of sp³-hybridized carbons (Fsp3) is 0.333. The summed E-state index contributed by atoms with van der Waals surface area (Å²) in [5.74, 6) is -1.44. The lowest BCUT2D eigenvalue weighted by molar-refractivity contribution is -0.310. The molecule has 0 saturated carbocycles. The van der Waals surface area contributed by atoms with Crippen LogP contribution < -0.4 is 5.11 Å². The number of hydrogen-bond acceptors (Lipinski definition) is 4. The minimum atomic E-state index is -1.10. The van der Waals surface area contributed by atoms with Crippen LogP contribution in [0.15, 0.2) is 30.3 Å². The molecule has 3 nitrogen and oxygen atoms in total. The van der Waals surface area contributed by atoms with Crippen molar-refractivity contribution in [3.63, 3.8) is 0 Å². The second kappa shape index (κ2) is 6.33. The molecule has 0 amide bonds. The highest BCUT2D eigenvalue weighted by molar-refractivity contribution is 8.13. The van der Waals surface area contributed by atoms with Crippen LogP contribution >= 0.6 is 11.8 Å². The molecular weight excluding hydrogens is 224 g/mol. The summed E-state index contributed by atoms with van der Waals surface area (Å²) >= 11 is 1.03. The Hall–Kier alpha value is -1.29. The van der Waals surface area contributed by atoms with Crippen molar-refractivity contribution in [1.82, 2.24) is 0 Å². The summed E-state index contributed by atoms with van der Waals surface area (Å²) in [6.45, 7) is 1.43. The standard InChI is InChI=1S/C12H14O3S/c1-9(13)16-8-11(12(14)15)7-10-5-3-2-4-6-10/h2-6,11H,7-8H2,1H3,(H,14,15)/p-1/t11-/m1/s1. The van der Waals surface area contributed by atoms with Crippen molar-refractivity contribution in [2.24, 2.45) is 5.92 Å². The lowest BCUT2D eigenvalue weighted by Crippen LogP contribution is -2.34. The highest BCUT2D eigenvalue weighted by Gasteiger charge is 2.12. The van der Waals surface area contributed by atoms with Crippen LogP contribution in [0.25, 0.3) is 0 Å². The number of carbonyl (C=O) groups excluding carboxylic acids is 2. The molecule has 1 atom stereocenters. The number of benzene rings is 1. The van der Waals surface area contributed by atoms with Gasteiger partial charge in [0.05, 0.1) is 0 Å². The molecule has 1 aromatic carbocycles. The summed E-state index contributed by atoms with van der Waals surface area (Å²) in [6, 6.07) is 9.34. The summed E-state index contributed by atoms with van der Waals surface area (Å²) in [6.07, 6.45) is 0.406. The van der Waals surface area contributed by atoms with E-state index in [9.17, 15) is 14.7 Å². The van der Waals surface area contributed by atoms with Crippen molar-refractivity contribution in [3.05, 3.63) is 35.9 Å². The first-order valence-electron chi connectivity index (χ1n) is 4.97. The Morgan fingerprint density at radius 2 is 1.94 bits per heavy atom. The highest BCUT2D eigenvalue weighted by atomic mass is 32.2. The van der Waals surface area contributed by atoms with Gasteiger partial charge in [-0.2, -0.15) is 0 Å².